The molecular weight excluding hydrogens is 238 g/mol. The van der Waals surface area contributed by atoms with Gasteiger partial charge < -0.3 is 10.2 Å². The van der Waals surface area contributed by atoms with Crippen LogP contribution in [0.15, 0.2) is 48.5 Å². The van der Waals surface area contributed by atoms with Crippen molar-refractivity contribution < 1.29 is 4.79 Å². The number of nitrogens with zero attached hydrogens (tertiary/aromatic N) is 2. The van der Waals surface area contributed by atoms with E-state index in [2.05, 4.69) is 11.4 Å². The zero-order valence-electron chi connectivity index (χ0n) is 10.1. The van der Waals surface area contributed by atoms with Crippen LogP contribution in [0.3, 0.4) is 0 Å². The fourth-order valence-electron chi connectivity index (χ4n) is 2.19. The zero-order chi connectivity index (χ0) is 13.2. The number of nitriles is 1. The highest BCUT2D eigenvalue weighted by Gasteiger charge is 2.23. The molecule has 92 valence electrons. The first kappa shape index (κ1) is 11.3. The summed E-state index contributed by atoms with van der Waals surface area (Å²) in [4.78, 5) is 13.7. The fourth-order valence-corrected chi connectivity index (χ4v) is 2.19. The van der Waals surface area contributed by atoms with Gasteiger partial charge in [0, 0.05) is 5.69 Å². The van der Waals surface area contributed by atoms with Crippen molar-refractivity contribution in [2.45, 2.75) is 0 Å². The largest absolute Gasteiger partial charge is 0.330 e. The highest BCUT2D eigenvalue weighted by molar-refractivity contribution is 6.03. The van der Waals surface area contributed by atoms with E-state index < -0.39 is 0 Å². The molecule has 1 aliphatic heterocycles. The van der Waals surface area contributed by atoms with E-state index in [4.69, 9.17) is 5.26 Å². The summed E-state index contributed by atoms with van der Waals surface area (Å²) in [5.74, 6) is -0.0546. The van der Waals surface area contributed by atoms with E-state index in [1.165, 1.54) is 0 Å². The van der Waals surface area contributed by atoms with Crippen LogP contribution in [-0.4, -0.2) is 12.5 Å². The van der Waals surface area contributed by atoms with Crippen molar-refractivity contribution >= 4 is 23.0 Å². The lowest BCUT2D eigenvalue weighted by Gasteiger charge is -2.31. The molecule has 0 aromatic heterocycles. The van der Waals surface area contributed by atoms with Gasteiger partial charge in [0.25, 0.3) is 0 Å². The monoisotopic (exact) mass is 249 g/mol. The number of hydrogen-bond acceptors (Lipinski definition) is 3. The summed E-state index contributed by atoms with van der Waals surface area (Å²) < 4.78 is 0. The number of nitrogens with one attached hydrogen (secondary N) is 1. The van der Waals surface area contributed by atoms with Crippen LogP contribution < -0.4 is 10.2 Å². The summed E-state index contributed by atoms with van der Waals surface area (Å²) in [6.07, 6.45) is 0. The topological polar surface area (TPSA) is 56.1 Å². The molecule has 19 heavy (non-hydrogen) atoms. The normalized spacial score (nSPS) is 13.4. The third-order valence-electron chi connectivity index (χ3n) is 3.06. The summed E-state index contributed by atoms with van der Waals surface area (Å²) >= 11 is 0. The quantitative estimate of drug-likeness (QED) is 0.845. The predicted molar refractivity (Wildman–Crippen MR) is 73.2 cm³/mol. The van der Waals surface area contributed by atoms with Crippen molar-refractivity contribution in [3.8, 4) is 6.07 Å². The molecule has 0 saturated heterocycles. The Bertz CT molecular complexity index is 674. The van der Waals surface area contributed by atoms with Crippen molar-refractivity contribution in [1.29, 1.82) is 5.26 Å². The molecule has 4 nitrogen and oxygen atoms in total. The predicted octanol–water partition coefficient (Wildman–Crippen LogP) is 2.65. The molecule has 0 spiro atoms. The smallest absolute Gasteiger partial charge is 0.244 e. The van der Waals surface area contributed by atoms with Gasteiger partial charge in [-0.25, -0.2) is 0 Å². The molecule has 1 amide bonds. The van der Waals surface area contributed by atoms with Crippen LogP contribution in [0.1, 0.15) is 5.56 Å². The minimum atomic E-state index is -0.0546. The molecule has 0 atom stereocenters. The van der Waals surface area contributed by atoms with Crippen LogP contribution in [0, 0.1) is 11.3 Å². The van der Waals surface area contributed by atoms with Crippen LogP contribution in [0.5, 0.6) is 0 Å². The standard InChI is InChI=1S/C15H11N3O/c16-9-11-6-7-13-14(8-11)18(10-15(19)17-13)12-4-2-1-3-5-12/h1-8H,10H2,(H,17,19). The number of benzene rings is 2. The number of hydrogen-bond donors (Lipinski definition) is 1. The van der Waals surface area contributed by atoms with Gasteiger partial charge in [0.1, 0.15) is 6.54 Å². The lowest BCUT2D eigenvalue weighted by atomic mass is 10.1. The van der Waals surface area contributed by atoms with E-state index in [0.717, 1.165) is 17.1 Å². The van der Waals surface area contributed by atoms with Crippen LogP contribution >= 0.6 is 0 Å². The minimum Gasteiger partial charge on any atom is -0.330 e. The average Bonchev–Trinajstić information content (AvgIpc) is 2.47. The summed E-state index contributed by atoms with van der Waals surface area (Å²) in [6.45, 7) is 0.256. The maximum Gasteiger partial charge on any atom is 0.244 e. The first-order valence-corrected chi connectivity index (χ1v) is 5.94. The highest BCUT2D eigenvalue weighted by atomic mass is 16.2. The maximum atomic E-state index is 11.7. The van der Waals surface area contributed by atoms with E-state index in [9.17, 15) is 4.79 Å². The number of carbonyl (C=O) groups excluding carboxylic acids is 1. The lowest BCUT2D eigenvalue weighted by molar-refractivity contribution is -0.115. The van der Waals surface area contributed by atoms with E-state index in [0.29, 0.717) is 5.56 Å². The molecule has 0 saturated carbocycles. The van der Waals surface area contributed by atoms with Gasteiger partial charge in [-0.3, -0.25) is 4.79 Å². The first-order chi connectivity index (χ1) is 9.28. The Morgan fingerprint density at radius 3 is 2.68 bits per heavy atom. The lowest BCUT2D eigenvalue weighted by Crippen LogP contribution is -2.35. The number of amides is 1. The van der Waals surface area contributed by atoms with Crippen molar-refractivity contribution in [3.05, 3.63) is 54.1 Å². The fraction of sp³-hybridized carbons (Fsp3) is 0.0667. The molecule has 2 aromatic carbocycles. The number of fused-ring (bicyclic) bond motifs is 1. The number of rotatable bonds is 1. The van der Waals surface area contributed by atoms with Gasteiger partial charge in [-0.05, 0) is 30.3 Å². The average molecular weight is 249 g/mol. The summed E-state index contributed by atoms with van der Waals surface area (Å²) in [7, 11) is 0. The van der Waals surface area contributed by atoms with Crippen LogP contribution in [0.25, 0.3) is 0 Å². The molecule has 0 aliphatic carbocycles. The Kier molecular flexibility index (Phi) is 2.66. The summed E-state index contributed by atoms with van der Waals surface area (Å²) in [5.41, 5.74) is 3.11. The second kappa shape index (κ2) is 4.46. The number of carbonyl (C=O) groups is 1. The Balaban J connectivity index is 2.13. The number of anilines is 3. The molecule has 1 N–H and O–H groups in total. The second-order valence-corrected chi connectivity index (χ2v) is 4.31. The molecule has 3 rings (SSSR count). The Hall–Kier alpha value is -2.80. The van der Waals surface area contributed by atoms with Gasteiger partial charge in [-0.2, -0.15) is 5.26 Å². The summed E-state index contributed by atoms with van der Waals surface area (Å²) in [5, 5.41) is 11.8. The third kappa shape index (κ3) is 2.02. The molecule has 0 fully saturated rings. The molecule has 2 aromatic rings. The summed E-state index contributed by atoms with van der Waals surface area (Å²) in [6, 6.07) is 17.1. The van der Waals surface area contributed by atoms with Gasteiger partial charge in [-0.1, -0.05) is 18.2 Å². The van der Waals surface area contributed by atoms with Gasteiger partial charge in [0.05, 0.1) is 23.0 Å². The van der Waals surface area contributed by atoms with Crippen LogP contribution in [-0.2, 0) is 4.79 Å². The van der Waals surface area contributed by atoms with Gasteiger partial charge in [-0.15, -0.1) is 0 Å². The third-order valence-corrected chi connectivity index (χ3v) is 3.06. The molecule has 0 unspecified atom stereocenters. The zero-order valence-corrected chi connectivity index (χ0v) is 10.1. The molecule has 1 heterocycles. The van der Waals surface area contributed by atoms with Gasteiger partial charge in [0.2, 0.25) is 5.91 Å². The van der Waals surface area contributed by atoms with Crippen molar-refractivity contribution in [3.63, 3.8) is 0 Å². The first-order valence-electron chi connectivity index (χ1n) is 5.94. The SMILES string of the molecule is N#Cc1ccc2c(c1)N(c1ccccc1)CC(=O)N2. The minimum absolute atomic E-state index is 0.0546. The van der Waals surface area contributed by atoms with Crippen molar-refractivity contribution in [1.82, 2.24) is 0 Å². The highest BCUT2D eigenvalue weighted by Crippen LogP contribution is 2.35. The Morgan fingerprint density at radius 2 is 1.95 bits per heavy atom. The van der Waals surface area contributed by atoms with Crippen LogP contribution in [0.4, 0.5) is 17.1 Å². The second-order valence-electron chi connectivity index (χ2n) is 4.31. The van der Waals surface area contributed by atoms with E-state index >= 15 is 0 Å². The van der Waals surface area contributed by atoms with Crippen molar-refractivity contribution in [2.75, 3.05) is 16.8 Å². The molecule has 0 bridgehead atoms. The van der Waals surface area contributed by atoms with Gasteiger partial charge in [0.15, 0.2) is 0 Å². The Morgan fingerprint density at radius 1 is 1.16 bits per heavy atom. The Labute approximate surface area is 110 Å². The molecular formula is C15H11N3O. The van der Waals surface area contributed by atoms with Crippen LogP contribution in [0.2, 0.25) is 0 Å². The molecule has 0 radical (unpaired) electrons. The molecule has 4 heteroatoms. The van der Waals surface area contributed by atoms with Gasteiger partial charge >= 0.3 is 0 Å². The maximum absolute atomic E-state index is 11.7. The van der Waals surface area contributed by atoms with E-state index in [1.54, 1.807) is 18.2 Å². The van der Waals surface area contributed by atoms with E-state index in [-0.39, 0.29) is 12.5 Å². The number of para-hydroxylation sites is 1. The molecule has 1 aliphatic rings. The van der Waals surface area contributed by atoms with E-state index in [1.807, 2.05) is 35.2 Å². The van der Waals surface area contributed by atoms with Crippen molar-refractivity contribution in [2.24, 2.45) is 0 Å².